The third kappa shape index (κ3) is 4.18. The first-order chi connectivity index (χ1) is 15.7. The van der Waals surface area contributed by atoms with E-state index in [4.69, 9.17) is 9.47 Å². The maximum atomic E-state index is 13.4. The first-order valence-electron chi connectivity index (χ1n) is 11.7. The maximum Gasteiger partial charge on any atom is 0.254 e. The summed E-state index contributed by atoms with van der Waals surface area (Å²) in [5.41, 5.74) is 1.61. The second-order valence-corrected chi connectivity index (χ2v) is 8.99. The second kappa shape index (κ2) is 9.23. The van der Waals surface area contributed by atoms with Crippen LogP contribution in [0.3, 0.4) is 0 Å². The lowest BCUT2D eigenvalue weighted by molar-refractivity contribution is -0.125. The van der Waals surface area contributed by atoms with Gasteiger partial charge in [-0.25, -0.2) is 0 Å². The van der Waals surface area contributed by atoms with Gasteiger partial charge in [-0.05, 0) is 55.0 Å². The molecule has 168 valence electrons. The zero-order chi connectivity index (χ0) is 21.9. The van der Waals surface area contributed by atoms with Crippen molar-refractivity contribution in [3.05, 3.63) is 59.7 Å². The Kier molecular flexibility index (Phi) is 6.02. The van der Waals surface area contributed by atoms with Gasteiger partial charge in [0.25, 0.3) is 5.91 Å². The van der Waals surface area contributed by atoms with Crippen LogP contribution in [0, 0.1) is 5.92 Å². The lowest BCUT2D eigenvalue weighted by atomic mass is 9.84. The van der Waals surface area contributed by atoms with Crippen LogP contribution >= 0.6 is 0 Å². The average molecular weight is 435 g/mol. The quantitative estimate of drug-likeness (QED) is 0.792. The SMILES string of the molecule is O=C(NCc1ccc2c(c1)OCCCO2)C1CC2CCCCC2N1C(=O)c1ccccc1. The summed E-state index contributed by atoms with van der Waals surface area (Å²) in [5.74, 6) is 1.77. The molecule has 1 saturated heterocycles. The third-order valence-corrected chi connectivity index (χ3v) is 6.92. The highest BCUT2D eigenvalue weighted by atomic mass is 16.5. The molecule has 2 aromatic carbocycles. The van der Waals surface area contributed by atoms with Crippen molar-refractivity contribution in [2.24, 2.45) is 5.92 Å². The van der Waals surface area contributed by atoms with Gasteiger partial charge in [0.1, 0.15) is 6.04 Å². The van der Waals surface area contributed by atoms with Crippen molar-refractivity contribution in [3.63, 3.8) is 0 Å². The van der Waals surface area contributed by atoms with Crippen LogP contribution in [0.15, 0.2) is 48.5 Å². The van der Waals surface area contributed by atoms with Crippen LogP contribution in [0.25, 0.3) is 0 Å². The molecule has 2 fully saturated rings. The van der Waals surface area contributed by atoms with Gasteiger partial charge in [-0.1, -0.05) is 37.1 Å². The van der Waals surface area contributed by atoms with Crippen molar-refractivity contribution in [2.75, 3.05) is 13.2 Å². The molecule has 1 saturated carbocycles. The van der Waals surface area contributed by atoms with E-state index < -0.39 is 6.04 Å². The van der Waals surface area contributed by atoms with E-state index in [0.29, 0.717) is 31.2 Å². The third-order valence-electron chi connectivity index (χ3n) is 6.92. The number of amides is 2. The molecular weight excluding hydrogens is 404 g/mol. The molecule has 3 atom stereocenters. The Morgan fingerprint density at radius 1 is 0.938 bits per heavy atom. The average Bonchev–Trinajstić information content (AvgIpc) is 3.07. The highest BCUT2D eigenvalue weighted by molar-refractivity contribution is 5.98. The minimum Gasteiger partial charge on any atom is -0.490 e. The van der Waals surface area contributed by atoms with E-state index in [2.05, 4.69) is 5.32 Å². The number of hydrogen-bond donors (Lipinski definition) is 1. The lowest BCUT2D eigenvalue weighted by Crippen LogP contribution is -2.49. The molecule has 0 bridgehead atoms. The summed E-state index contributed by atoms with van der Waals surface area (Å²) < 4.78 is 11.5. The van der Waals surface area contributed by atoms with Crippen LogP contribution in [0.1, 0.15) is 54.4 Å². The molecule has 5 rings (SSSR count). The van der Waals surface area contributed by atoms with Gasteiger partial charge in [0.2, 0.25) is 5.91 Å². The molecule has 1 N–H and O–H groups in total. The molecule has 3 unspecified atom stereocenters. The minimum atomic E-state index is -0.420. The van der Waals surface area contributed by atoms with Crippen LogP contribution in [0.2, 0.25) is 0 Å². The first kappa shape index (κ1) is 20.9. The van der Waals surface area contributed by atoms with Gasteiger partial charge >= 0.3 is 0 Å². The standard InChI is InChI=1S/C26H30N2O4/c29-25(27-17-18-11-12-23-24(15-18)32-14-6-13-31-23)22-16-20-9-4-5-10-21(20)28(22)26(30)19-7-2-1-3-8-19/h1-3,7-8,11-12,15,20-22H,4-6,9-10,13-14,16-17H2,(H,27,29). The fourth-order valence-electron chi connectivity index (χ4n) is 5.34. The molecular formula is C26H30N2O4. The fourth-order valence-corrected chi connectivity index (χ4v) is 5.34. The van der Waals surface area contributed by atoms with Gasteiger partial charge in [-0.3, -0.25) is 9.59 Å². The van der Waals surface area contributed by atoms with Crippen molar-refractivity contribution in [2.45, 2.75) is 57.2 Å². The van der Waals surface area contributed by atoms with Crippen LogP contribution in [0.4, 0.5) is 0 Å². The van der Waals surface area contributed by atoms with Gasteiger partial charge in [-0.15, -0.1) is 0 Å². The molecule has 0 spiro atoms. The molecule has 0 radical (unpaired) electrons. The molecule has 32 heavy (non-hydrogen) atoms. The van der Waals surface area contributed by atoms with E-state index in [1.807, 2.05) is 53.4 Å². The van der Waals surface area contributed by atoms with Crippen LogP contribution < -0.4 is 14.8 Å². The van der Waals surface area contributed by atoms with Crippen molar-refractivity contribution < 1.29 is 19.1 Å². The number of fused-ring (bicyclic) bond motifs is 2. The van der Waals surface area contributed by atoms with E-state index in [9.17, 15) is 9.59 Å². The normalized spacial score (nSPS) is 24.4. The number of nitrogens with one attached hydrogen (secondary N) is 1. The predicted molar refractivity (Wildman–Crippen MR) is 121 cm³/mol. The summed E-state index contributed by atoms with van der Waals surface area (Å²) in [5, 5.41) is 3.08. The minimum absolute atomic E-state index is 0.0317. The number of carbonyl (C=O) groups is 2. The molecule has 0 aromatic heterocycles. The Hall–Kier alpha value is -3.02. The number of carbonyl (C=O) groups excluding carboxylic acids is 2. The number of ether oxygens (including phenoxy) is 2. The number of benzene rings is 2. The Bertz CT molecular complexity index is 977. The Labute approximate surface area is 188 Å². The lowest BCUT2D eigenvalue weighted by Gasteiger charge is -2.33. The summed E-state index contributed by atoms with van der Waals surface area (Å²) in [6.45, 7) is 1.68. The van der Waals surface area contributed by atoms with Crippen LogP contribution in [-0.2, 0) is 11.3 Å². The Morgan fingerprint density at radius 2 is 1.72 bits per heavy atom. The Balaban J connectivity index is 1.31. The second-order valence-electron chi connectivity index (χ2n) is 8.99. The molecule has 6 nitrogen and oxygen atoms in total. The van der Waals surface area contributed by atoms with Gasteiger partial charge in [-0.2, -0.15) is 0 Å². The summed E-state index contributed by atoms with van der Waals surface area (Å²) in [6, 6.07) is 14.9. The largest absolute Gasteiger partial charge is 0.490 e. The van der Waals surface area contributed by atoms with Gasteiger partial charge in [0.05, 0.1) is 13.2 Å². The predicted octanol–water partition coefficient (Wildman–Crippen LogP) is 3.94. The summed E-state index contributed by atoms with van der Waals surface area (Å²) >= 11 is 0. The van der Waals surface area contributed by atoms with Gasteiger partial charge in [0.15, 0.2) is 11.5 Å². The smallest absolute Gasteiger partial charge is 0.254 e. The van der Waals surface area contributed by atoms with E-state index in [1.54, 1.807) is 0 Å². The van der Waals surface area contributed by atoms with Gasteiger partial charge < -0.3 is 19.7 Å². The summed E-state index contributed by atoms with van der Waals surface area (Å²) in [4.78, 5) is 28.6. The van der Waals surface area contributed by atoms with Crippen LogP contribution in [-0.4, -0.2) is 42.0 Å². The topological polar surface area (TPSA) is 67.9 Å². The van der Waals surface area contributed by atoms with Crippen molar-refractivity contribution in [1.29, 1.82) is 0 Å². The molecule has 1 aliphatic carbocycles. The zero-order valence-corrected chi connectivity index (χ0v) is 18.3. The maximum absolute atomic E-state index is 13.4. The van der Waals surface area contributed by atoms with E-state index in [0.717, 1.165) is 49.2 Å². The number of hydrogen-bond acceptors (Lipinski definition) is 4. The Morgan fingerprint density at radius 3 is 2.56 bits per heavy atom. The molecule has 6 heteroatoms. The van der Waals surface area contributed by atoms with Crippen LogP contribution in [0.5, 0.6) is 11.5 Å². The number of nitrogens with zero attached hydrogens (tertiary/aromatic N) is 1. The van der Waals surface area contributed by atoms with E-state index >= 15 is 0 Å². The van der Waals surface area contributed by atoms with Crippen molar-refractivity contribution >= 4 is 11.8 Å². The van der Waals surface area contributed by atoms with E-state index in [1.165, 1.54) is 6.42 Å². The molecule has 2 aromatic rings. The van der Waals surface area contributed by atoms with E-state index in [-0.39, 0.29) is 17.9 Å². The fraction of sp³-hybridized carbons (Fsp3) is 0.462. The highest BCUT2D eigenvalue weighted by Crippen LogP contribution is 2.40. The van der Waals surface area contributed by atoms with Gasteiger partial charge in [0, 0.05) is 24.6 Å². The van der Waals surface area contributed by atoms with Crippen molar-refractivity contribution in [3.8, 4) is 11.5 Å². The number of rotatable bonds is 4. The molecule has 2 aliphatic heterocycles. The molecule has 2 heterocycles. The molecule has 2 amide bonds. The highest BCUT2D eigenvalue weighted by Gasteiger charge is 2.47. The zero-order valence-electron chi connectivity index (χ0n) is 18.3. The summed E-state index contributed by atoms with van der Waals surface area (Å²) in [7, 11) is 0. The molecule has 3 aliphatic rings. The van der Waals surface area contributed by atoms with Crippen molar-refractivity contribution in [1.82, 2.24) is 10.2 Å². The monoisotopic (exact) mass is 434 g/mol. The number of likely N-dealkylation sites (tertiary alicyclic amines) is 1. The first-order valence-corrected chi connectivity index (χ1v) is 11.7. The summed E-state index contributed by atoms with van der Waals surface area (Å²) in [6.07, 6.45) is 5.97.